The smallest absolute Gasteiger partial charge is 0.183 e. The minimum Gasteiger partial charge on any atom is -0.396 e. The number of ether oxygens (including phenoxy) is 2. The molecule has 6 aromatic heterocycles. The molecule has 1 aliphatic heterocycles. The van der Waals surface area contributed by atoms with E-state index in [1.807, 2.05) is 133 Å². The van der Waals surface area contributed by atoms with E-state index in [2.05, 4.69) is 81.3 Å². The number of aliphatic hydroxyl groups is 2. The number of hydrogen-bond donors (Lipinski definition) is 4. The Labute approximate surface area is 411 Å². The standard InChI is InChI=1S/C30H29N5O2.C27H25N5O2/c1-30(2)36-19-25(20-37-30)23-15-24(18-31-17-23)28-33-29(32-16-21-9-5-3-6-10-21)27-26(13-14-35(27)34-28)22-11-7-4-8-12-22;33-17-23(18-34)21-13-22(16-28-15-21)26-30-27(29-14-19-7-3-1-4-8-19)25-24(11-12-32(25)31-26)20-9-5-2-6-10-20/h3-15,17-18,25H,16,19-20H2,1-2H3,(H,32,33,34);1-13,15-16,23,33-34H,14,17-18H2,(H,29,30,31). The summed E-state index contributed by atoms with van der Waals surface area (Å²) >= 11 is 0. The number of hydrogen-bond acceptors (Lipinski definition) is 12. The number of fused-ring (bicyclic) bond motifs is 2. The van der Waals surface area contributed by atoms with E-state index in [0.717, 1.165) is 61.4 Å². The number of aliphatic hydroxyl groups excluding tert-OH is 2. The summed E-state index contributed by atoms with van der Waals surface area (Å²) in [7, 11) is 0. The highest BCUT2D eigenvalue weighted by molar-refractivity contribution is 5.90. The lowest BCUT2D eigenvalue weighted by Crippen LogP contribution is -2.38. The van der Waals surface area contributed by atoms with Gasteiger partial charge in [-0.15, -0.1) is 10.2 Å². The topological polar surface area (TPSA) is 169 Å². The number of aromatic nitrogens is 8. The quantitative estimate of drug-likeness (QED) is 0.0816. The van der Waals surface area contributed by atoms with Crippen molar-refractivity contribution in [2.75, 3.05) is 37.1 Å². The number of nitrogens with one attached hydrogen (secondary N) is 2. The van der Waals surface area contributed by atoms with E-state index in [1.54, 1.807) is 12.4 Å². The van der Waals surface area contributed by atoms with Gasteiger partial charge in [0.1, 0.15) is 11.0 Å². The van der Waals surface area contributed by atoms with Gasteiger partial charge >= 0.3 is 0 Å². The van der Waals surface area contributed by atoms with Crippen molar-refractivity contribution in [3.8, 4) is 45.0 Å². The molecule has 0 amide bonds. The minimum absolute atomic E-state index is 0.108. The minimum atomic E-state index is -0.556. The van der Waals surface area contributed by atoms with E-state index in [0.29, 0.717) is 49.3 Å². The zero-order valence-electron chi connectivity index (χ0n) is 39.5. The fourth-order valence-corrected chi connectivity index (χ4v) is 8.56. The Hall–Kier alpha value is -8.14. The van der Waals surface area contributed by atoms with Gasteiger partial charge in [-0.25, -0.2) is 19.0 Å². The fraction of sp³-hybridized carbons (Fsp3) is 0.193. The van der Waals surface area contributed by atoms with Crippen LogP contribution in [0.3, 0.4) is 0 Å². The summed E-state index contributed by atoms with van der Waals surface area (Å²) in [5, 5.41) is 35.9. The van der Waals surface area contributed by atoms with Gasteiger partial charge in [0.25, 0.3) is 0 Å². The molecule has 1 saturated heterocycles. The summed E-state index contributed by atoms with van der Waals surface area (Å²) in [6, 6.07) is 49.1. The Morgan fingerprint density at radius 3 is 1.49 bits per heavy atom. The molecular formula is C57H54N10O4. The van der Waals surface area contributed by atoms with E-state index < -0.39 is 11.7 Å². The summed E-state index contributed by atoms with van der Waals surface area (Å²) in [6.07, 6.45) is 10.9. The zero-order valence-corrected chi connectivity index (χ0v) is 39.5. The number of nitrogens with zero attached hydrogens (tertiary/aromatic N) is 8. The molecule has 0 aliphatic carbocycles. The van der Waals surface area contributed by atoms with Gasteiger partial charge in [0.05, 0.1) is 26.4 Å². The molecule has 0 unspecified atom stereocenters. The fourth-order valence-electron chi connectivity index (χ4n) is 8.56. The van der Waals surface area contributed by atoms with Gasteiger partial charge in [-0.05, 0) is 71.5 Å². The molecule has 14 nitrogen and oxygen atoms in total. The lowest BCUT2D eigenvalue weighted by Gasteiger charge is -2.35. The highest BCUT2D eigenvalue weighted by atomic mass is 16.7. The molecule has 71 heavy (non-hydrogen) atoms. The molecule has 7 heterocycles. The van der Waals surface area contributed by atoms with E-state index in [-0.39, 0.29) is 19.1 Å². The van der Waals surface area contributed by atoms with Gasteiger partial charge in [0.2, 0.25) is 0 Å². The molecular weight excluding hydrogens is 889 g/mol. The first-order chi connectivity index (χ1) is 34.8. The summed E-state index contributed by atoms with van der Waals surface area (Å²) in [5.74, 6) is 1.74. The van der Waals surface area contributed by atoms with Gasteiger partial charge in [-0.1, -0.05) is 121 Å². The van der Waals surface area contributed by atoms with Crippen LogP contribution >= 0.6 is 0 Å². The van der Waals surface area contributed by atoms with Gasteiger partial charge < -0.3 is 30.3 Å². The molecule has 356 valence electrons. The third kappa shape index (κ3) is 10.7. The van der Waals surface area contributed by atoms with Crippen LogP contribution in [-0.4, -0.2) is 81.6 Å². The summed E-state index contributed by atoms with van der Waals surface area (Å²) < 4.78 is 15.5. The molecule has 0 radical (unpaired) electrons. The molecule has 0 saturated carbocycles. The Morgan fingerprint density at radius 1 is 0.563 bits per heavy atom. The zero-order chi connectivity index (χ0) is 48.6. The van der Waals surface area contributed by atoms with E-state index in [9.17, 15) is 10.2 Å². The van der Waals surface area contributed by atoms with Crippen molar-refractivity contribution < 1.29 is 19.7 Å². The molecule has 0 atom stereocenters. The van der Waals surface area contributed by atoms with Crippen molar-refractivity contribution in [1.82, 2.24) is 39.2 Å². The molecule has 10 aromatic rings. The summed E-state index contributed by atoms with van der Waals surface area (Å²) in [4.78, 5) is 18.7. The Balaban J connectivity index is 0.000000165. The van der Waals surface area contributed by atoms with Crippen LogP contribution < -0.4 is 10.6 Å². The average molecular weight is 943 g/mol. The van der Waals surface area contributed by atoms with Crippen LogP contribution in [-0.2, 0) is 22.6 Å². The van der Waals surface area contributed by atoms with Crippen molar-refractivity contribution in [2.45, 2.75) is 44.6 Å². The van der Waals surface area contributed by atoms with Gasteiger partial charge in [-0.3, -0.25) is 9.97 Å². The molecule has 0 spiro atoms. The predicted octanol–water partition coefficient (Wildman–Crippen LogP) is 10.1. The largest absolute Gasteiger partial charge is 0.396 e. The van der Waals surface area contributed by atoms with Crippen molar-refractivity contribution in [3.63, 3.8) is 0 Å². The number of pyridine rings is 2. The first kappa shape index (κ1) is 46.6. The predicted molar refractivity (Wildman–Crippen MR) is 276 cm³/mol. The molecule has 1 fully saturated rings. The highest BCUT2D eigenvalue weighted by Gasteiger charge is 2.30. The first-order valence-corrected chi connectivity index (χ1v) is 23.7. The van der Waals surface area contributed by atoms with Crippen LogP contribution in [0.5, 0.6) is 0 Å². The van der Waals surface area contributed by atoms with Crippen LogP contribution in [0.2, 0.25) is 0 Å². The van der Waals surface area contributed by atoms with E-state index in [1.165, 1.54) is 5.56 Å². The van der Waals surface area contributed by atoms with Crippen molar-refractivity contribution >= 4 is 22.7 Å². The van der Waals surface area contributed by atoms with Gasteiger partial charge in [-0.2, -0.15) is 0 Å². The molecule has 0 bridgehead atoms. The third-order valence-corrected chi connectivity index (χ3v) is 12.5. The summed E-state index contributed by atoms with van der Waals surface area (Å²) in [5.41, 5.74) is 11.8. The van der Waals surface area contributed by atoms with Crippen LogP contribution in [0.1, 0.15) is 47.9 Å². The van der Waals surface area contributed by atoms with Crippen LogP contribution in [0.4, 0.5) is 11.6 Å². The van der Waals surface area contributed by atoms with Crippen molar-refractivity contribution in [2.24, 2.45) is 0 Å². The van der Waals surface area contributed by atoms with Crippen molar-refractivity contribution in [1.29, 1.82) is 0 Å². The molecule has 4 N–H and O–H groups in total. The maximum atomic E-state index is 9.58. The highest BCUT2D eigenvalue weighted by Crippen LogP contribution is 2.34. The summed E-state index contributed by atoms with van der Waals surface area (Å²) in [6.45, 7) is 5.98. The monoisotopic (exact) mass is 942 g/mol. The van der Waals surface area contributed by atoms with Crippen LogP contribution in [0.15, 0.2) is 183 Å². The van der Waals surface area contributed by atoms with Gasteiger partial charge in [0, 0.05) is 84.4 Å². The maximum absolute atomic E-state index is 9.58. The van der Waals surface area contributed by atoms with Crippen LogP contribution in [0.25, 0.3) is 56.1 Å². The molecule has 1 aliphatic rings. The second-order valence-electron chi connectivity index (χ2n) is 17.8. The third-order valence-electron chi connectivity index (χ3n) is 12.5. The maximum Gasteiger partial charge on any atom is 0.183 e. The molecule has 4 aromatic carbocycles. The lowest BCUT2D eigenvalue weighted by atomic mass is 10.00. The van der Waals surface area contributed by atoms with E-state index >= 15 is 0 Å². The van der Waals surface area contributed by atoms with Gasteiger partial charge in [0.15, 0.2) is 29.1 Å². The normalized spacial score (nSPS) is 13.5. The molecule has 11 rings (SSSR count). The lowest BCUT2D eigenvalue weighted by molar-refractivity contribution is -0.251. The van der Waals surface area contributed by atoms with Crippen LogP contribution in [0, 0.1) is 0 Å². The Bertz CT molecular complexity index is 3340. The Morgan fingerprint density at radius 2 is 1.01 bits per heavy atom. The average Bonchev–Trinajstić information content (AvgIpc) is 4.07. The van der Waals surface area contributed by atoms with Crippen molar-refractivity contribution in [3.05, 3.63) is 205 Å². The second-order valence-corrected chi connectivity index (χ2v) is 17.8. The Kier molecular flexibility index (Phi) is 13.9. The number of anilines is 2. The van der Waals surface area contributed by atoms with E-state index in [4.69, 9.17) is 29.6 Å². The SMILES string of the molecule is CC1(C)OCC(c2cncc(-c3nc(NCc4ccccc4)c4c(-c5ccccc5)ccn4n3)c2)CO1.OCC(CO)c1cncc(-c2nc(NCc3ccccc3)c3c(-c4ccccc4)ccn3n2)c1. The number of rotatable bonds is 14. The number of benzene rings is 4. The molecule has 14 heteroatoms. The second kappa shape index (κ2) is 21.2. The first-order valence-electron chi connectivity index (χ1n) is 23.7.